The van der Waals surface area contributed by atoms with Crippen LogP contribution in [-0.4, -0.2) is 48.3 Å². The van der Waals surface area contributed by atoms with Gasteiger partial charge in [0.15, 0.2) is 0 Å². The molecule has 1 aromatic carbocycles. The Balaban J connectivity index is 2.35. The third-order valence-corrected chi connectivity index (χ3v) is 8.68. The lowest BCUT2D eigenvalue weighted by Gasteiger charge is -2.43. The van der Waals surface area contributed by atoms with Gasteiger partial charge in [-0.25, -0.2) is 0 Å². The van der Waals surface area contributed by atoms with Crippen LogP contribution in [0.5, 0.6) is 0 Å². The van der Waals surface area contributed by atoms with Crippen LogP contribution in [0.15, 0.2) is 30.3 Å². The van der Waals surface area contributed by atoms with Gasteiger partial charge in [-0.2, -0.15) is 11.8 Å². The Bertz CT molecular complexity index is 581. The average molecular weight is 367 g/mol. The van der Waals surface area contributed by atoms with Gasteiger partial charge in [-0.05, 0) is 12.5 Å². The monoisotopic (exact) mass is 367 g/mol. The van der Waals surface area contributed by atoms with Gasteiger partial charge in [0, 0.05) is 23.6 Å². The first-order chi connectivity index (χ1) is 10.1. The van der Waals surface area contributed by atoms with E-state index in [0.29, 0.717) is 5.75 Å². The highest BCUT2D eigenvalue weighted by molar-refractivity contribution is 7.99. The summed E-state index contributed by atoms with van der Waals surface area (Å²) in [6, 6.07) is 9.00. The Kier molecular flexibility index (Phi) is 5.58. The van der Waals surface area contributed by atoms with Crippen molar-refractivity contribution in [2.24, 2.45) is 0 Å². The highest BCUT2D eigenvalue weighted by Gasteiger charge is 2.51. The summed E-state index contributed by atoms with van der Waals surface area (Å²) in [5.74, 6) is 0.542. The average Bonchev–Trinajstić information content (AvgIpc) is 2.39. The summed E-state index contributed by atoms with van der Waals surface area (Å²) < 4.78 is 23.2. The lowest BCUT2D eigenvalue weighted by atomic mass is 10.1. The van der Waals surface area contributed by atoms with E-state index in [9.17, 15) is 28.7 Å². The molecule has 0 spiro atoms. The van der Waals surface area contributed by atoms with Crippen molar-refractivity contribution in [3.63, 3.8) is 0 Å². The number of thioether (sulfide) groups is 1. The first-order valence-electron chi connectivity index (χ1n) is 6.65. The molecule has 2 atom stereocenters. The molecular formula is C12H19NO6P2S. The second-order valence-electron chi connectivity index (χ2n) is 5.21. The van der Waals surface area contributed by atoms with Gasteiger partial charge in [0.25, 0.3) is 0 Å². The second-order valence-corrected chi connectivity index (χ2v) is 10.2. The largest absolute Gasteiger partial charge is 0.354 e. The SMILES string of the molecule is CC1C(c2ccccc2)SCCN1C(P(=O)(O)O)P(=O)(O)O. The summed E-state index contributed by atoms with van der Waals surface area (Å²) in [7, 11) is -9.94. The van der Waals surface area contributed by atoms with E-state index < -0.39 is 26.8 Å². The standard InChI is InChI=1S/C12H19NO6P2S/c1-9-11(10-5-3-2-4-6-10)22-8-7-13(9)12(20(14,15)16)21(17,18)19/h2-6,9,11-12H,7-8H2,1H3,(H2,14,15,16)(H2,17,18,19). The van der Waals surface area contributed by atoms with Gasteiger partial charge in [0.05, 0.1) is 0 Å². The minimum Gasteiger partial charge on any atom is -0.323 e. The van der Waals surface area contributed by atoms with Crippen LogP contribution < -0.4 is 0 Å². The van der Waals surface area contributed by atoms with Gasteiger partial charge in [-0.3, -0.25) is 14.0 Å². The van der Waals surface area contributed by atoms with E-state index in [2.05, 4.69) is 0 Å². The lowest BCUT2D eigenvalue weighted by molar-refractivity contribution is 0.180. The molecule has 4 N–H and O–H groups in total. The van der Waals surface area contributed by atoms with Crippen LogP contribution in [0, 0.1) is 0 Å². The van der Waals surface area contributed by atoms with E-state index in [0.717, 1.165) is 5.56 Å². The van der Waals surface area contributed by atoms with E-state index in [-0.39, 0.29) is 11.8 Å². The smallest absolute Gasteiger partial charge is 0.323 e. The second kappa shape index (κ2) is 6.75. The Morgan fingerprint density at radius 1 is 1.14 bits per heavy atom. The minimum absolute atomic E-state index is 0.101. The van der Waals surface area contributed by atoms with Crippen LogP contribution in [0.3, 0.4) is 0 Å². The zero-order valence-corrected chi connectivity index (χ0v) is 14.5. The predicted octanol–water partition coefficient (Wildman–Crippen LogP) is 1.80. The fourth-order valence-corrected chi connectivity index (χ4v) is 7.07. The molecule has 10 heteroatoms. The molecular weight excluding hydrogens is 348 g/mol. The van der Waals surface area contributed by atoms with Gasteiger partial charge in [-0.1, -0.05) is 30.3 Å². The molecule has 1 aliphatic heterocycles. The molecule has 2 rings (SSSR count). The molecule has 124 valence electrons. The van der Waals surface area contributed by atoms with Crippen molar-refractivity contribution in [1.29, 1.82) is 0 Å². The summed E-state index contributed by atoms with van der Waals surface area (Å²) >= 11 is 1.62. The first-order valence-corrected chi connectivity index (χ1v) is 11.1. The summed E-state index contributed by atoms with van der Waals surface area (Å²) in [6.45, 7) is 1.96. The maximum Gasteiger partial charge on any atom is 0.354 e. The van der Waals surface area contributed by atoms with Crippen LogP contribution in [0.25, 0.3) is 0 Å². The highest BCUT2D eigenvalue weighted by atomic mass is 32.2. The van der Waals surface area contributed by atoms with Gasteiger partial charge in [0.2, 0.25) is 5.52 Å². The van der Waals surface area contributed by atoms with E-state index in [1.165, 1.54) is 4.90 Å². The molecule has 22 heavy (non-hydrogen) atoms. The number of hydrogen-bond acceptors (Lipinski definition) is 4. The molecule has 0 radical (unpaired) electrons. The quantitative estimate of drug-likeness (QED) is 0.595. The Hall–Kier alpha value is -0.170. The molecule has 0 bridgehead atoms. The van der Waals surface area contributed by atoms with Crippen LogP contribution >= 0.6 is 27.0 Å². The minimum atomic E-state index is -4.97. The predicted molar refractivity (Wildman–Crippen MR) is 85.7 cm³/mol. The Labute approximate surface area is 133 Å². The lowest BCUT2D eigenvalue weighted by Crippen LogP contribution is -2.47. The van der Waals surface area contributed by atoms with Crippen molar-refractivity contribution in [3.05, 3.63) is 35.9 Å². The normalized spacial score (nSPS) is 24.6. The van der Waals surface area contributed by atoms with Gasteiger partial charge in [-0.15, -0.1) is 0 Å². The van der Waals surface area contributed by atoms with E-state index >= 15 is 0 Å². The third-order valence-electron chi connectivity index (χ3n) is 3.63. The molecule has 1 saturated heterocycles. The zero-order valence-electron chi connectivity index (χ0n) is 11.9. The summed E-state index contributed by atoms with van der Waals surface area (Å²) in [5, 5.41) is -0.101. The molecule has 0 aromatic heterocycles. The van der Waals surface area contributed by atoms with Crippen LogP contribution in [0.4, 0.5) is 0 Å². The number of nitrogens with zero attached hydrogens (tertiary/aromatic N) is 1. The van der Waals surface area contributed by atoms with Crippen molar-refractivity contribution >= 4 is 27.0 Å². The molecule has 0 aliphatic carbocycles. The summed E-state index contributed by atoms with van der Waals surface area (Å²) in [5.41, 5.74) is -1.11. The molecule has 0 saturated carbocycles. The molecule has 1 aromatic rings. The molecule has 7 nitrogen and oxygen atoms in total. The number of hydrogen-bond donors (Lipinski definition) is 4. The van der Waals surface area contributed by atoms with Crippen LogP contribution in [0.1, 0.15) is 17.7 Å². The fourth-order valence-electron chi connectivity index (χ4n) is 2.73. The summed E-state index contributed by atoms with van der Waals surface area (Å²) in [4.78, 5) is 38.9. The molecule has 1 fully saturated rings. The van der Waals surface area contributed by atoms with Gasteiger partial charge >= 0.3 is 15.2 Å². The molecule has 1 aliphatic rings. The van der Waals surface area contributed by atoms with Crippen molar-refractivity contribution < 1.29 is 28.7 Å². The molecule has 2 unspecified atom stereocenters. The number of rotatable bonds is 4. The molecule has 0 amide bonds. The van der Waals surface area contributed by atoms with Crippen molar-refractivity contribution in [1.82, 2.24) is 4.90 Å². The van der Waals surface area contributed by atoms with Crippen molar-refractivity contribution in [2.45, 2.75) is 23.7 Å². The maximum atomic E-state index is 11.6. The molecule has 1 heterocycles. The van der Waals surface area contributed by atoms with Crippen molar-refractivity contribution in [2.75, 3.05) is 12.3 Å². The van der Waals surface area contributed by atoms with E-state index in [1.807, 2.05) is 30.3 Å². The zero-order chi connectivity index (χ0) is 16.5. The highest BCUT2D eigenvalue weighted by Crippen LogP contribution is 2.62. The topological polar surface area (TPSA) is 118 Å². The van der Waals surface area contributed by atoms with Crippen LogP contribution in [0.2, 0.25) is 0 Å². The maximum absolute atomic E-state index is 11.6. The fraction of sp³-hybridized carbons (Fsp3) is 0.500. The van der Waals surface area contributed by atoms with Crippen molar-refractivity contribution in [3.8, 4) is 0 Å². The third kappa shape index (κ3) is 4.02. The van der Waals surface area contributed by atoms with E-state index in [4.69, 9.17) is 0 Å². The Morgan fingerprint density at radius 2 is 1.68 bits per heavy atom. The number of benzene rings is 1. The van der Waals surface area contributed by atoms with Gasteiger partial charge < -0.3 is 19.6 Å². The Morgan fingerprint density at radius 3 is 2.18 bits per heavy atom. The first kappa shape index (κ1) is 18.2. The van der Waals surface area contributed by atoms with Gasteiger partial charge in [0.1, 0.15) is 0 Å². The van der Waals surface area contributed by atoms with E-state index in [1.54, 1.807) is 18.7 Å². The van der Waals surface area contributed by atoms with Crippen LogP contribution in [-0.2, 0) is 9.13 Å². The summed E-state index contributed by atoms with van der Waals surface area (Å²) in [6.07, 6.45) is 0.